The minimum atomic E-state index is -0.0557. The van der Waals surface area contributed by atoms with Crippen LogP contribution in [0.2, 0.25) is 0 Å². The van der Waals surface area contributed by atoms with E-state index in [0.717, 1.165) is 60.9 Å². The molecule has 6 nitrogen and oxygen atoms in total. The van der Waals surface area contributed by atoms with Crippen molar-refractivity contribution in [1.29, 1.82) is 0 Å². The zero-order valence-corrected chi connectivity index (χ0v) is 22.7. The number of methoxy groups -OCH3 is 1. The molecule has 6 heteroatoms. The molecule has 6 rings (SSSR count). The van der Waals surface area contributed by atoms with Crippen LogP contribution in [0.4, 0.5) is 5.69 Å². The molecule has 1 amide bonds. The van der Waals surface area contributed by atoms with Crippen molar-refractivity contribution in [1.82, 2.24) is 14.4 Å². The van der Waals surface area contributed by atoms with E-state index in [1.807, 2.05) is 42.5 Å². The van der Waals surface area contributed by atoms with E-state index in [2.05, 4.69) is 81.0 Å². The Morgan fingerprint density at radius 3 is 2.28 bits per heavy atom. The average molecular weight is 521 g/mol. The molecule has 200 valence electrons. The maximum absolute atomic E-state index is 14.0. The van der Waals surface area contributed by atoms with Crippen molar-refractivity contribution >= 4 is 11.6 Å². The standard InChI is InChI=1S/C33H36N4O2/c1-34-18-10-16-30(34)32-28(24-35-19-21-36(22-20-35)29-15-8-9-17-31(29)39-2)26-13-6-7-14-27(26)33(38)37(32)23-25-11-4-3-5-12-25/h3-18,28,32H,19-24H2,1-2H3. The average Bonchev–Trinajstić information content (AvgIpc) is 3.41. The van der Waals surface area contributed by atoms with Crippen LogP contribution in [0.25, 0.3) is 0 Å². The maximum atomic E-state index is 14.0. The third kappa shape index (κ3) is 4.92. The number of aryl methyl sites for hydroxylation is 1. The minimum Gasteiger partial charge on any atom is -0.495 e. The van der Waals surface area contributed by atoms with Gasteiger partial charge < -0.3 is 19.1 Å². The second-order valence-corrected chi connectivity index (χ2v) is 10.6. The Morgan fingerprint density at radius 1 is 0.821 bits per heavy atom. The number of anilines is 1. The first-order valence-electron chi connectivity index (χ1n) is 13.8. The lowest BCUT2D eigenvalue weighted by molar-refractivity contribution is 0.0543. The highest BCUT2D eigenvalue weighted by Gasteiger charge is 2.42. The van der Waals surface area contributed by atoms with Crippen molar-refractivity contribution < 1.29 is 9.53 Å². The summed E-state index contributed by atoms with van der Waals surface area (Å²) in [4.78, 5) is 21.1. The second-order valence-electron chi connectivity index (χ2n) is 10.6. The van der Waals surface area contributed by atoms with Gasteiger partial charge in [0.25, 0.3) is 5.91 Å². The van der Waals surface area contributed by atoms with Gasteiger partial charge in [-0.2, -0.15) is 0 Å². The van der Waals surface area contributed by atoms with Gasteiger partial charge in [-0.3, -0.25) is 9.69 Å². The molecule has 2 atom stereocenters. The van der Waals surface area contributed by atoms with Crippen molar-refractivity contribution in [3.8, 4) is 5.75 Å². The van der Waals surface area contributed by atoms with Crippen LogP contribution in [-0.4, -0.2) is 60.1 Å². The summed E-state index contributed by atoms with van der Waals surface area (Å²) < 4.78 is 7.81. The Morgan fingerprint density at radius 2 is 1.54 bits per heavy atom. The SMILES string of the molecule is COc1ccccc1N1CCN(CC2c3ccccc3C(=O)N(Cc3ccccc3)C2c2cccn2C)CC1. The van der Waals surface area contributed by atoms with Gasteiger partial charge in [-0.25, -0.2) is 0 Å². The van der Waals surface area contributed by atoms with Gasteiger partial charge in [0.2, 0.25) is 0 Å². The predicted octanol–water partition coefficient (Wildman–Crippen LogP) is 5.34. The van der Waals surface area contributed by atoms with E-state index in [9.17, 15) is 4.79 Å². The monoisotopic (exact) mass is 520 g/mol. The maximum Gasteiger partial charge on any atom is 0.255 e. The number of amides is 1. The number of ether oxygens (including phenoxy) is 1. The summed E-state index contributed by atoms with van der Waals surface area (Å²) in [7, 11) is 3.83. The predicted molar refractivity (Wildman–Crippen MR) is 155 cm³/mol. The van der Waals surface area contributed by atoms with Crippen LogP contribution < -0.4 is 9.64 Å². The van der Waals surface area contributed by atoms with Crippen LogP contribution in [0.1, 0.15) is 39.1 Å². The molecule has 3 aromatic carbocycles. The number of rotatable bonds is 7. The summed E-state index contributed by atoms with van der Waals surface area (Å²) in [6.07, 6.45) is 2.09. The second kappa shape index (κ2) is 11.0. The fourth-order valence-electron chi connectivity index (χ4n) is 6.32. The summed E-state index contributed by atoms with van der Waals surface area (Å²) in [5, 5.41) is 0. The molecule has 0 N–H and O–H groups in total. The lowest BCUT2D eigenvalue weighted by Crippen LogP contribution is -2.51. The molecule has 0 spiro atoms. The van der Waals surface area contributed by atoms with Gasteiger partial charge in [-0.1, -0.05) is 60.7 Å². The zero-order chi connectivity index (χ0) is 26.8. The fraction of sp³-hybridized carbons (Fsp3) is 0.303. The molecule has 2 aliphatic rings. The van der Waals surface area contributed by atoms with Crippen molar-refractivity contribution in [2.75, 3.05) is 44.7 Å². The van der Waals surface area contributed by atoms with Crippen LogP contribution in [0.5, 0.6) is 5.75 Å². The van der Waals surface area contributed by atoms with Crippen molar-refractivity contribution in [2.24, 2.45) is 7.05 Å². The van der Waals surface area contributed by atoms with Crippen LogP contribution >= 0.6 is 0 Å². The molecule has 3 heterocycles. The number of para-hydroxylation sites is 2. The van der Waals surface area contributed by atoms with E-state index in [4.69, 9.17) is 4.74 Å². The first-order valence-corrected chi connectivity index (χ1v) is 13.8. The van der Waals surface area contributed by atoms with E-state index >= 15 is 0 Å². The van der Waals surface area contributed by atoms with Gasteiger partial charge >= 0.3 is 0 Å². The largest absolute Gasteiger partial charge is 0.495 e. The summed E-state index contributed by atoms with van der Waals surface area (Å²) >= 11 is 0. The van der Waals surface area contributed by atoms with Crippen LogP contribution in [0.3, 0.4) is 0 Å². The third-order valence-corrected chi connectivity index (χ3v) is 8.30. The van der Waals surface area contributed by atoms with E-state index in [0.29, 0.717) is 6.54 Å². The highest BCUT2D eigenvalue weighted by Crippen LogP contribution is 2.44. The zero-order valence-electron chi connectivity index (χ0n) is 22.7. The van der Waals surface area contributed by atoms with Crippen molar-refractivity contribution in [3.63, 3.8) is 0 Å². The molecule has 0 radical (unpaired) electrons. The molecule has 39 heavy (non-hydrogen) atoms. The molecule has 0 saturated carbocycles. The molecule has 0 bridgehead atoms. The molecular formula is C33H36N4O2. The number of hydrogen-bond acceptors (Lipinski definition) is 4. The number of benzene rings is 3. The topological polar surface area (TPSA) is 41.0 Å². The Bertz CT molecular complexity index is 1420. The number of piperazine rings is 1. The lowest BCUT2D eigenvalue weighted by Gasteiger charge is -2.45. The first kappa shape index (κ1) is 25.3. The summed E-state index contributed by atoms with van der Waals surface area (Å²) in [6.45, 7) is 5.28. The van der Waals surface area contributed by atoms with E-state index in [1.54, 1.807) is 7.11 Å². The Labute approximate surface area is 231 Å². The number of aromatic nitrogens is 1. The number of carbonyl (C=O) groups excluding carboxylic acids is 1. The van der Waals surface area contributed by atoms with Gasteiger partial charge in [0.05, 0.1) is 18.8 Å². The molecule has 1 saturated heterocycles. The molecule has 1 fully saturated rings. The van der Waals surface area contributed by atoms with Crippen molar-refractivity contribution in [2.45, 2.75) is 18.5 Å². The van der Waals surface area contributed by atoms with Gasteiger partial charge in [-0.15, -0.1) is 0 Å². The van der Waals surface area contributed by atoms with Crippen molar-refractivity contribution in [3.05, 3.63) is 120 Å². The van der Waals surface area contributed by atoms with Crippen LogP contribution in [0, 0.1) is 0 Å². The molecular weight excluding hydrogens is 484 g/mol. The molecule has 2 unspecified atom stereocenters. The summed E-state index contributed by atoms with van der Waals surface area (Å²) in [5.41, 5.74) is 5.46. The van der Waals surface area contributed by atoms with E-state index in [1.165, 1.54) is 5.69 Å². The van der Waals surface area contributed by atoms with Crippen LogP contribution in [-0.2, 0) is 13.6 Å². The van der Waals surface area contributed by atoms with Gasteiger partial charge in [0.15, 0.2) is 0 Å². The minimum absolute atomic E-state index is 0.0557. The molecule has 0 aliphatic carbocycles. The number of nitrogens with zero attached hydrogens (tertiary/aromatic N) is 4. The number of fused-ring (bicyclic) bond motifs is 1. The quantitative estimate of drug-likeness (QED) is 0.330. The van der Waals surface area contributed by atoms with E-state index in [-0.39, 0.29) is 17.9 Å². The molecule has 4 aromatic rings. The first-order chi connectivity index (χ1) is 19.1. The normalized spacial score (nSPS) is 19.7. The van der Waals surface area contributed by atoms with E-state index < -0.39 is 0 Å². The van der Waals surface area contributed by atoms with Crippen LogP contribution in [0.15, 0.2) is 97.2 Å². The summed E-state index contributed by atoms with van der Waals surface area (Å²) in [5.74, 6) is 1.19. The highest BCUT2D eigenvalue weighted by molar-refractivity contribution is 5.97. The molecule has 1 aromatic heterocycles. The third-order valence-electron chi connectivity index (χ3n) is 8.30. The van der Waals surface area contributed by atoms with Gasteiger partial charge in [-0.05, 0) is 41.5 Å². The fourth-order valence-corrected chi connectivity index (χ4v) is 6.32. The molecule has 2 aliphatic heterocycles. The number of carbonyl (C=O) groups is 1. The smallest absolute Gasteiger partial charge is 0.255 e. The highest BCUT2D eigenvalue weighted by atomic mass is 16.5. The Kier molecular flexibility index (Phi) is 7.12. The van der Waals surface area contributed by atoms with Gasteiger partial charge in [0.1, 0.15) is 5.75 Å². The summed E-state index contributed by atoms with van der Waals surface area (Å²) in [6, 6.07) is 31.1. The Balaban J connectivity index is 1.31. The van der Waals surface area contributed by atoms with Gasteiger partial charge in [0, 0.05) is 69.7 Å². The Hall–Kier alpha value is -4.03. The lowest BCUT2D eigenvalue weighted by atomic mass is 9.80. The number of hydrogen-bond donors (Lipinski definition) is 0.